The fraction of sp³-hybridized carbons (Fsp3) is 0.588. The van der Waals surface area contributed by atoms with Crippen molar-refractivity contribution in [3.8, 4) is 0 Å². The Hall–Kier alpha value is -1.42. The van der Waals surface area contributed by atoms with Crippen LogP contribution >= 0.6 is 0 Å². The van der Waals surface area contributed by atoms with Crippen molar-refractivity contribution in [3.63, 3.8) is 0 Å². The third-order valence-corrected chi connectivity index (χ3v) is 4.50. The van der Waals surface area contributed by atoms with Gasteiger partial charge in [0.05, 0.1) is 5.52 Å². The Morgan fingerprint density at radius 2 is 2.10 bits per heavy atom. The minimum atomic E-state index is -0.213. The van der Waals surface area contributed by atoms with Crippen LogP contribution in [-0.2, 0) is 6.42 Å². The number of nitrogens with one attached hydrogen (secondary N) is 1. The molecule has 1 aromatic carbocycles. The summed E-state index contributed by atoms with van der Waals surface area (Å²) in [7, 11) is 0. The van der Waals surface area contributed by atoms with Crippen LogP contribution in [0.2, 0.25) is 0 Å². The molecular weight excluding hydrogens is 265 g/mol. The normalized spacial score (nSPS) is 17.0. The predicted molar refractivity (Wildman–Crippen MR) is 84.0 cm³/mol. The third kappa shape index (κ3) is 2.95. The number of hydrogen-bond acceptors (Lipinski definition) is 2. The zero-order valence-corrected chi connectivity index (χ0v) is 12.9. The van der Waals surface area contributed by atoms with Gasteiger partial charge in [-0.1, -0.05) is 6.07 Å². The molecule has 2 heterocycles. The number of fused-ring (bicyclic) bond motifs is 1. The Labute approximate surface area is 125 Å². The van der Waals surface area contributed by atoms with Crippen LogP contribution in [0, 0.1) is 11.7 Å². The first-order valence-corrected chi connectivity index (χ1v) is 8.03. The summed E-state index contributed by atoms with van der Waals surface area (Å²) in [6, 6.07) is 5.55. The molecule has 1 fully saturated rings. The van der Waals surface area contributed by atoms with E-state index in [2.05, 4.69) is 28.7 Å². The predicted octanol–water partition coefficient (Wildman–Crippen LogP) is 3.69. The number of aryl methyl sites for hydroxylation is 1. The SMILES string of the molecule is CC(C)n1c(CCC2CCNCC2)nc2c(F)cccc21. The average Bonchev–Trinajstić information content (AvgIpc) is 2.86. The summed E-state index contributed by atoms with van der Waals surface area (Å²) in [6.07, 6.45) is 4.59. The molecule has 21 heavy (non-hydrogen) atoms. The lowest BCUT2D eigenvalue weighted by Crippen LogP contribution is -2.28. The number of hydrogen-bond donors (Lipinski definition) is 1. The second-order valence-electron chi connectivity index (χ2n) is 6.33. The van der Waals surface area contributed by atoms with E-state index in [1.807, 2.05) is 6.07 Å². The average molecular weight is 289 g/mol. The van der Waals surface area contributed by atoms with Gasteiger partial charge in [0, 0.05) is 12.5 Å². The first-order chi connectivity index (χ1) is 10.2. The van der Waals surface area contributed by atoms with E-state index in [0.29, 0.717) is 11.6 Å². The molecule has 1 aliphatic rings. The lowest BCUT2D eigenvalue weighted by Gasteiger charge is -2.22. The maximum absolute atomic E-state index is 14.0. The van der Waals surface area contributed by atoms with Crippen LogP contribution in [0.25, 0.3) is 11.0 Å². The number of rotatable bonds is 4. The van der Waals surface area contributed by atoms with E-state index in [4.69, 9.17) is 0 Å². The van der Waals surface area contributed by atoms with Crippen LogP contribution in [0.4, 0.5) is 4.39 Å². The van der Waals surface area contributed by atoms with Gasteiger partial charge in [-0.2, -0.15) is 0 Å². The fourth-order valence-corrected chi connectivity index (χ4v) is 3.39. The van der Waals surface area contributed by atoms with Crippen LogP contribution in [0.5, 0.6) is 0 Å². The maximum atomic E-state index is 14.0. The van der Waals surface area contributed by atoms with Crippen LogP contribution in [0.3, 0.4) is 0 Å². The summed E-state index contributed by atoms with van der Waals surface area (Å²) >= 11 is 0. The molecule has 114 valence electrons. The molecule has 1 aromatic heterocycles. The van der Waals surface area contributed by atoms with E-state index in [1.54, 1.807) is 6.07 Å². The standard InChI is InChI=1S/C17H24FN3/c1-12(2)21-15-5-3-4-14(18)17(15)20-16(21)7-6-13-8-10-19-11-9-13/h3-5,12-13,19H,6-11H2,1-2H3. The number of benzene rings is 1. The molecule has 0 aliphatic carbocycles. The number of nitrogens with zero attached hydrogens (tertiary/aromatic N) is 2. The summed E-state index contributed by atoms with van der Waals surface area (Å²) < 4.78 is 16.1. The van der Waals surface area contributed by atoms with E-state index in [-0.39, 0.29) is 5.82 Å². The largest absolute Gasteiger partial charge is 0.325 e. The third-order valence-electron chi connectivity index (χ3n) is 4.50. The molecular formula is C17H24FN3. The summed E-state index contributed by atoms with van der Waals surface area (Å²) in [5, 5.41) is 3.40. The highest BCUT2D eigenvalue weighted by Crippen LogP contribution is 2.26. The quantitative estimate of drug-likeness (QED) is 0.930. The van der Waals surface area contributed by atoms with E-state index < -0.39 is 0 Å². The van der Waals surface area contributed by atoms with Gasteiger partial charge >= 0.3 is 0 Å². The van der Waals surface area contributed by atoms with E-state index >= 15 is 0 Å². The number of imidazole rings is 1. The van der Waals surface area contributed by atoms with Gasteiger partial charge in [-0.15, -0.1) is 0 Å². The van der Waals surface area contributed by atoms with Crippen molar-refractivity contribution < 1.29 is 4.39 Å². The van der Waals surface area contributed by atoms with Gasteiger partial charge in [-0.3, -0.25) is 0 Å². The lowest BCUT2D eigenvalue weighted by molar-refractivity contribution is 0.350. The molecule has 2 aromatic rings. The number of piperidine rings is 1. The number of aromatic nitrogens is 2. The van der Waals surface area contributed by atoms with Crippen LogP contribution in [0.15, 0.2) is 18.2 Å². The first-order valence-electron chi connectivity index (χ1n) is 8.03. The van der Waals surface area contributed by atoms with Crippen molar-refractivity contribution >= 4 is 11.0 Å². The summed E-state index contributed by atoms with van der Waals surface area (Å²) in [4.78, 5) is 4.59. The van der Waals surface area contributed by atoms with Crippen LogP contribution in [-0.4, -0.2) is 22.6 Å². The topological polar surface area (TPSA) is 29.9 Å². The Kier molecular flexibility index (Phi) is 4.24. The Balaban J connectivity index is 1.86. The monoisotopic (exact) mass is 289 g/mol. The highest BCUT2D eigenvalue weighted by molar-refractivity contribution is 5.76. The molecule has 3 rings (SSSR count). The second kappa shape index (κ2) is 6.14. The molecule has 1 saturated heterocycles. The molecule has 0 amide bonds. The molecule has 3 nitrogen and oxygen atoms in total. The second-order valence-corrected chi connectivity index (χ2v) is 6.33. The van der Waals surface area contributed by atoms with Crippen molar-refractivity contribution in [2.45, 2.75) is 45.6 Å². The minimum Gasteiger partial charge on any atom is -0.325 e. The van der Waals surface area contributed by atoms with E-state index in [0.717, 1.165) is 43.2 Å². The molecule has 4 heteroatoms. The van der Waals surface area contributed by atoms with Gasteiger partial charge in [-0.05, 0) is 64.3 Å². The minimum absolute atomic E-state index is 0.213. The van der Waals surface area contributed by atoms with Gasteiger partial charge in [0.1, 0.15) is 11.3 Å². The zero-order chi connectivity index (χ0) is 14.8. The van der Waals surface area contributed by atoms with Crippen molar-refractivity contribution in [3.05, 3.63) is 29.8 Å². The summed E-state index contributed by atoms with van der Waals surface area (Å²) in [5.41, 5.74) is 1.44. The van der Waals surface area contributed by atoms with Gasteiger partial charge in [0.15, 0.2) is 5.82 Å². The van der Waals surface area contributed by atoms with Crippen molar-refractivity contribution in [1.82, 2.24) is 14.9 Å². The van der Waals surface area contributed by atoms with Gasteiger partial charge in [-0.25, -0.2) is 9.37 Å². The Morgan fingerprint density at radius 1 is 1.33 bits per heavy atom. The number of halogens is 1. The van der Waals surface area contributed by atoms with Crippen molar-refractivity contribution in [2.75, 3.05) is 13.1 Å². The van der Waals surface area contributed by atoms with Crippen LogP contribution < -0.4 is 5.32 Å². The Morgan fingerprint density at radius 3 is 2.81 bits per heavy atom. The first kappa shape index (κ1) is 14.5. The lowest BCUT2D eigenvalue weighted by atomic mass is 9.93. The van der Waals surface area contributed by atoms with E-state index in [1.165, 1.54) is 18.9 Å². The number of para-hydroxylation sites is 1. The zero-order valence-electron chi connectivity index (χ0n) is 12.9. The highest BCUT2D eigenvalue weighted by atomic mass is 19.1. The van der Waals surface area contributed by atoms with Gasteiger partial charge in [0.25, 0.3) is 0 Å². The van der Waals surface area contributed by atoms with Gasteiger partial charge in [0.2, 0.25) is 0 Å². The molecule has 0 radical (unpaired) electrons. The van der Waals surface area contributed by atoms with Crippen molar-refractivity contribution in [1.29, 1.82) is 0 Å². The molecule has 0 spiro atoms. The highest BCUT2D eigenvalue weighted by Gasteiger charge is 2.18. The molecule has 1 N–H and O–H groups in total. The summed E-state index contributed by atoms with van der Waals surface area (Å²) in [5.74, 6) is 1.59. The maximum Gasteiger partial charge on any atom is 0.151 e. The molecule has 0 unspecified atom stereocenters. The molecule has 1 aliphatic heterocycles. The van der Waals surface area contributed by atoms with Crippen LogP contribution in [0.1, 0.15) is 45.0 Å². The smallest absolute Gasteiger partial charge is 0.151 e. The van der Waals surface area contributed by atoms with E-state index in [9.17, 15) is 4.39 Å². The molecule has 0 atom stereocenters. The fourth-order valence-electron chi connectivity index (χ4n) is 3.39. The van der Waals surface area contributed by atoms with Crippen molar-refractivity contribution in [2.24, 2.45) is 5.92 Å². The summed E-state index contributed by atoms with van der Waals surface area (Å²) in [6.45, 7) is 6.53. The van der Waals surface area contributed by atoms with Gasteiger partial charge < -0.3 is 9.88 Å². The molecule has 0 bridgehead atoms. The molecule has 0 saturated carbocycles. The Bertz CT molecular complexity index is 612.